The third-order valence-electron chi connectivity index (χ3n) is 5.25. The van der Waals surface area contributed by atoms with Gasteiger partial charge in [0.2, 0.25) is 6.41 Å². The van der Waals surface area contributed by atoms with Gasteiger partial charge in [-0.3, -0.25) is 14.9 Å². The quantitative estimate of drug-likeness (QED) is 0.391. The van der Waals surface area contributed by atoms with E-state index in [0.717, 1.165) is 38.8 Å². The minimum Gasteiger partial charge on any atom is -0.444 e. The molecule has 1 unspecified atom stereocenters. The molecule has 0 radical (unpaired) electrons. The van der Waals surface area contributed by atoms with E-state index in [1.165, 1.54) is 18.6 Å². The molecule has 1 N–H and O–H groups in total. The summed E-state index contributed by atoms with van der Waals surface area (Å²) in [4.78, 5) is 34.3. The molecule has 2 amide bonds. The third-order valence-corrected chi connectivity index (χ3v) is 6.76. The summed E-state index contributed by atoms with van der Waals surface area (Å²) in [6.45, 7) is 8.51. The average Bonchev–Trinajstić information content (AvgIpc) is 2.79. The predicted octanol–water partition coefficient (Wildman–Crippen LogP) is 3.24. The fourth-order valence-electron chi connectivity index (χ4n) is 3.52. The van der Waals surface area contributed by atoms with Crippen molar-refractivity contribution in [2.24, 2.45) is 0 Å². The number of ether oxygens (including phenoxy) is 1. The second-order valence-corrected chi connectivity index (χ2v) is 10.5. The number of hydrogen-bond donors (Lipinski definition) is 1. The lowest BCUT2D eigenvalue weighted by atomic mass is 10.1. The molecule has 0 aliphatic carbocycles. The molecule has 3 rings (SSSR count). The molecule has 184 valence electrons. The Morgan fingerprint density at radius 1 is 1.12 bits per heavy atom. The number of nitrogens with one attached hydrogen (secondary N) is 1. The van der Waals surface area contributed by atoms with E-state index in [-0.39, 0.29) is 17.8 Å². The number of nitro groups is 1. The highest BCUT2D eigenvalue weighted by atomic mass is 32.2. The monoisotopic (exact) mass is 482 g/mol. The van der Waals surface area contributed by atoms with Gasteiger partial charge in [0.15, 0.2) is 0 Å². The molecule has 33 heavy (non-hydrogen) atoms. The van der Waals surface area contributed by atoms with Crippen molar-refractivity contribution in [3.05, 3.63) is 34.4 Å². The zero-order valence-electron chi connectivity index (χ0n) is 19.5. The maximum atomic E-state index is 12.1. The Morgan fingerprint density at radius 2 is 1.70 bits per heavy atom. The van der Waals surface area contributed by atoms with Gasteiger partial charge in [-0.2, -0.15) is 0 Å². The second kappa shape index (κ2) is 12.6. The molecule has 1 atom stereocenters. The van der Waals surface area contributed by atoms with Gasteiger partial charge in [-0.05, 0) is 58.6 Å². The standard InChI is InChI=1S/C11H14N2O3S.C11H20N2O3/c14-13(15)10-4-6-11(7-5-10)17(16)12-8-2-1-3-9-12;1-11(2,3)16-10(15)13-6-4-9(5-7-13)12-8-14/h4-7H,1-3,8-9H2;8-9H,4-7H2,1-3H3,(H,12,14). The number of nitro benzene ring substituents is 1. The smallest absolute Gasteiger partial charge is 0.410 e. The Morgan fingerprint density at radius 3 is 2.18 bits per heavy atom. The van der Waals surface area contributed by atoms with Crippen LogP contribution in [0.3, 0.4) is 0 Å². The maximum absolute atomic E-state index is 12.1. The van der Waals surface area contributed by atoms with Gasteiger partial charge >= 0.3 is 6.09 Å². The number of likely N-dealkylation sites (tertiary alicyclic amines) is 1. The van der Waals surface area contributed by atoms with Crippen molar-refractivity contribution in [2.75, 3.05) is 26.2 Å². The van der Waals surface area contributed by atoms with Crippen LogP contribution in [0.5, 0.6) is 0 Å². The molecule has 0 spiro atoms. The van der Waals surface area contributed by atoms with Crippen LogP contribution >= 0.6 is 0 Å². The van der Waals surface area contributed by atoms with Crippen LogP contribution in [-0.2, 0) is 20.5 Å². The summed E-state index contributed by atoms with van der Waals surface area (Å²) in [6, 6.07) is 6.14. The van der Waals surface area contributed by atoms with Gasteiger partial charge in [0.25, 0.3) is 5.69 Å². The number of non-ortho nitro benzene ring substituents is 1. The van der Waals surface area contributed by atoms with Crippen LogP contribution < -0.4 is 5.32 Å². The number of carbonyl (C=O) groups excluding carboxylic acids is 2. The first-order valence-electron chi connectivity index (χ1n) is 11.2. The summed E-state index contributed by atoms with van der Waals surface area (Å²) >= 11 is 0. The molecule has 10 nitrogen and oxygen atoms in total. The maximum Gasteiger partial charge on any atom is 0.410 e. The van der Waals surface area contributed by atoms with Gasteiger partial charge in [-0.1, -0.05) is 6.42 Å². The number of nitrogens with zero attached hydrogens (tertiary/aromatic N) is 3. The molecule has 2 aliphatic rings. The molecule has 1 aromatic carbocycles. The molecule has 2 heterocycles. The van der Waals surface area contributed by atoms with E-state index in [2.05, 4.69) is 5.32 Å². The number of piperidine rings is 2. The summed E-state index contributed by atoms with van der Waals surface area (Å²) in [5.74, 6) is 0. The molecule has 1 aromatic rings. The highest BCUT2D eigenvalue weighted by Crippen LogP contribution is 2.19. The van der Waals surface area contributed by atoms with E-state index in [1.54, 1.807) is 17.0 Å². The van der Waals surface area contributed by atoms with E-state index in [4.69, 9.17) is 4.74 Å². The summed E-state index contributed by atoms with van der Waals surface area (Å²) in [5, 5.41) is 13.2. The van der Waals surface area contributed by atoms with Gasteiger partial charge in [0, 0.05) is 44.4 Å². The fourth-order valence-corrected chi connectivity index (χ4v) is 4.77. The number of rotatable bonds is 5. The lowest BCUT2D eigenvalue weighted by Gasteiger charge is -2.33. The average molecular weight is 483 g/mol. The molecule has 0 aromatic heterocycles. The number of carbonyl (C=O) groups is 2. The predicted molar refractivity (Wildman–Crippen MR) is 125 cm³/mol. The SMILES string of the molecule is CC(C)(C)OC(=O)N1CCC(NC=O)CC1.O=[N+]([O-])c1ccc(S(=O)N2CCCCC2)cc1. The van der Waals surface area contributed by atoms with Gasteiger partial charge in [0.1, 0.15) is 16.6 Å². The zero-order valence-corrected chi connectivity index (χ0v) is 20.3. The highest BCUT2D eigenvalue weighted by molar-refractivity contribution is 7.82. The summed E-state index contributed by atoms with van der Waals surface area (Å²) in [7, 11) is -1.18. The third kappa shape index (κ3) is 9.09. The van der Waals surface area contributed by atoms with Crippen LogP contribution in [0.1, 0.15) is 52.9 Å². The summed E-state index contributed by atoms with van der Waals surface area (Å²) in [5.41, 5.74) is -0.418. The van der Waals surface area contributed by atoms with Crippen molar-refractivity contribution >= 4 is 29.2 Å². The van der Waals surface area contributed by atoms with Crippen molar-refractivity contribution in [1.29, 1.82) is 0 Å². The van der Waals surface area contributed by atoms with Gasteiger partial charge in [-0.15, -0.1) is 0 Å². The van der Waals surface area contributed by atoms with E-state index >= 15 is 0 Å². The highest BCUT2D eigenvalue weighted by Gasteiger charge is 2.26. The molecule has 2 fully saturated rings. The summed E-state index contributed by atoms with van der Waals surface area (Å²) < 4.78 is 19.3. The van der Waals surface area contributed by atoms with Crippen LogP contribution in [0.2, 0.25) is 0 Å². The van der Waals surface area contributed by atoms with Crippen LogP contribution in [0.15, 0.2) is 29.2 Å². The fraction of sp³-hybridized carbons (Fsp3) is 0.636. The topological polar surface area (TPSA) is 122 Å². The first-order chi connectivity index (χ1) is 15.6. The lowest BCUT2D eigenvalue weighted by molar-refractivity contribution is -0.384. The number of amides is 2. The van der Waals surface area contributed by atoms with Crippen LogP contribution in [0, 0.1) is 10.1 Å². The van der Waals surface area contributed by atoms with E-state index in [0.29, 0.717) is 24.4 Å². The molecule has 2 aliphatic heterocycles. The van der Waals surface area contributed by atoms with Crippen LogP contribution in [0.25, 0.3) is 0 Å². The Balaban J connectivity index is 0.000000234. The zero-order chi connectivity index (χ0) is 24.4. The van der Waals surface area contributed by atoms with E-state index < -0.39 is 21.5 Å². The number of benzene rings is 1. The van der Waals surface area contributed by atoms with Crippen molar-refractivity contribution < 1.29 is 23.5 Å². The second-order valence-electron chi connectivity index (χ2n) is 9.02. The van der Waals surface area contributed by atoms with Crippen molar-refractivity contribution in [1.82, 2.24) is 14.5 Å². The van der Waals surface area contributed by atoms with Crippen LogP contribution in [-0.4, -0.2) is 68.7 Å². The lowest BCUT2D eigenvalue weighted by Crippen LogP contribution is -2.46. The summed E-state index contributed by atoms with van der Waals surface area (Å²) in [6.07, 6.45) is 5.35. The molecular formula is C22H34N4O6S. The van der Waals surface area contributed by atoms with Crippen molar-refractivity contribution in [3.8, 4) is 0 Å². The van der Waals surface area contributed by atoms with Crippen LogP contribution in [0.4, 0.5) is 10.5 Å². The minimum atomic E-state index is -1.18. The molecule has 0 saturated carbocycles. The largest absolute Gasteiger partial charge is 0.444 e. The minimum absolute atomic E-state index is 0.0318. The Hall–Kier alpha value is -2.53. The van der Waals surface area contributed by atoms with Gasteiger partial charge in [0.05, 0.1) is 9.82 Å². The number of hydrogen-bond acceptors (Lipinski definition) is 6. The molecule has 11 heteroatoms. The Bertz CT molecular complexity index is 813. The Labute approximate surface area is 197 Å². The van der Waals surface area contributed by atoms with Crippen molar-refractivity contribution in [2.45, 2.75) is 69.4 Å². The molecule has 2 saturated heterocycles. The van der Waals surface area contributed by atoms with Gasteiger partial charge in [-0.25, -0.2) is 13.3 Å². The normalized spacial score (nSPS) is 18.5. The van der Waals surface area contributed by atoms with Crippen molar-refractivity contribution in [3.63, 3.8) is 0 Å². The van der Waals surface area contributed by atoms with E-state index in [9.17, 15) is 23.9 Å². The first kappa shape index (κ1) is 26.7. The Kier molecular flexibility index (Phi) is 10.2. The molecular weight excluding hydrogens is 448 g/mol. The van der Waals surface area contributed by atoms with E-state index in [1.807, 2.05) is 25.1 Å². The van der Waals surface area contributed by atoms with Gasteiger partial charge < -0.3 is 15.0 Å². The first-order valence-corrected chi connectivity index (χ1v) is 12.3. The molecule has 0 bridgehead atoms.